The van der Waals surface area contributed by atoms with E-state index >= 15 is 0 Å². The van der Waals surface area contributed by atoms with Gasteiger partial charge in [0.25, 0.3) is 0 Å². The lowest BCUT2D eigenvalue weighted by molar-refractivity contribution is -0.117. The van der Waals surface area contributed by atoms with Crippen molar-refractivity contribution in [2.45, 2.75) is 18.9 Å². The number of hydrogen-bond acceptors (Lipinski definition) is 2. The molecule has 1 atom stereocenters. The number of amides is 1. The number of hydrogen-bond donors (Lipinski definition) is 0. The van der Waals surface area contributed by atoms with E-state index in [0.29, 0.717) is 19.5 Å². The molecule has 0 radical (unpaired) electrons. The van der Waals surface area contributed by atoms with Crippen LogP contribution in [0.15, 0.2) is 64.1 Å². The van der Waals surface area contributed by atoms with Gasteiger partial charge in [0, 0.05) is 33.5 Å². The molecule has 4 nitrogen and oxygen atoms in total. The van der Waals surface area contributed by atoms with Crippen LogP contribution in [0.4, 0.5) is 5.69 Å². The van der Waals surface area contributed by atoms with Crippen LogP contribution in [0.5, 0.6) is 0 Å². The molecule has 3 aromatic rings. The zero-order valence-corrected chi connectivity index (χ0v) is 17.2. The molecule has 0 aliphatic carbocycles. The molecule has 6 heteroatoms. The summed E-state index contributed by atoms with van der Waals surface area (Å²) in [4.78, 5) is 19.3. The second kappa shape index (κ2) is 7.00. The number of anilines is 1. The van der Waals surface area contributed by atoms with Gasteiger partial charge in [-0.1, -0.05) is 50.6 Å². The van der Waals surface area contributed by atoms with Crippen LogP contribution in [0, 0.1) is 0 Å². The molecule has 2 heterocycles. The van der Waals surface area contributed by atoms with Crippen molar-refractivity contribution in [3.8, 4) is 0 Å². The topological polar surface area (TPSA) is 38.1 Å². The summed E-state index contributed by atoms with van der Waals surface area (Å²) >= 11 is 6.91. The lowest BCUT2D eigenvalue weighted by Crippen LogP contribution is -2.24. The lowest BCUT2D eigenvalue weighted by Gasteiger charge is -2.17. The molecule has 0 bridgehead atoms. The number of imidazole rings is 1. The van der Waals surface area contributed by atoms with Gasteiger partial charge in [-0.25, -0.2) is 4.98 Å². The minimum Gasteiger partial charge on any atom is -0.323 e. The highest BCUT2D eigenvalue weighted by Crippen LogP contribution is 2.34. The van der Waals surface area contributed by atoms with E-state index in [-0.39, 0.29) is 11.8 Å². The van der Waals surface area contributed by atoms with E-state index in [4.69, 9.17) is 4.98 Å². The second-order valence-electron chi connectivity index (χ2n) is 6.44. The first-order valence-corrected chi connectivity index (χ1v) is 9.96. The summed E-state index contributed by atoms with van der Waals surface area (Å²) in [5.41, 5.74) is 2.94. The standard InChI is InChI=1S/C20H17Br2N3O/c1-13(21)11-25-18-5-3-2-4-17(18)23-20(25)14-10-19(26)24(12-14)16-8-6-15(22)7-9-16/h2-9,14H,1,10-12H2. The first-order chi connectivity index (χ1) is 12.5. The van der Waals surface area contributed by atoms with E-state index < -0.39 is 0 Å². The molecule has 26 heavy (non-hydrogen) atoms. The molecule has 4 rings (SSSR count). The third kappa shape index (κ3) is 3.23. The molecule has 1 saturated heterocycles. The maximum Gasteiger partial charge on any atom is 0.227 e. The molecule has 1 aliphatic rings. The van der Waals surface area contributed by atoms with Crippen LogP contribution in [0.2, 0.25) is 0 Å². The Morgan fingerprint density at radius 3 is 2.65 bits per heavy atom. The van der Waals surface area contributed by atoms with Crippen molar-refractivity contribution >= 4 is 54.5 Å². The zero-order chi connectivity index (χ0) is 18.3. The van der Waals surface area contributed by atoms with Gasteiger partial charge < -0.3 is 9.47 Å². The summed E-state index contributed by atoms with van der Waals surface area (Å²) in [6.07, 6.45) is 0.466. The first-order valence-electron chi connectivity index (χ1n) is 8.37. The predicted molar refractivity (Wildman–Crippen MR) is 112 cm³/mol. The zero-order valence-electron chi connectivity index (χ0n) is 14.0. The largest absolute Gasteiger partial charge is 0.323 e. The fourth-order valence-corrected chi connectivity index (χ4v) is 4.01. The number of nitrogens with zero attached hydrogens (tertiary/aromatic N) is 3. The summed E-state index contributed by atoms with van der Waals surface area (Å²) < 4.78 is 4.05. The van der Waals surface area contributed by atoms with E-state index in [1.807, 2.05) is 47.4 Å². The molecular weight excluding hydrogens is 458 g/mol. The number of carbonyl (C=O) groups excluding carboxylic acids is 1. The van der Waals surface area contributed by atoms with Gasteiger partial charge >= 0.3 is 0 Å². The second-order valence-corrected chi connectivity index (χ2v) is 8.48. The van der Waals surface area contributed by atoms with E-state index in [0.717, 1.165) is 31.5 Å². The highest BCUT2D eigenvalue weighted by Gasteiger charge is 2.34. The molecule has 132 valence electrons. The van der Waals surface area contributed by atoms with Crippen molar-refractivity contribution in [1.29, 1.82) is 0 Å². The Hall–Kier alpha value is -1.92. The maximum atomic E-state index is 12.6. The van der Waals surface area contributed by atoms with Gasteiger partial charge in [0.2, 0.25) is 5.91 Å². The van der Waals surface area contributed by atoms with Crippen LogP contribution in [0.25, 0.3) is 11.0 Å². The predicted octanol–water partition coefficient (Wildman–Crippen LogP) is 5.23. The molecule has 1 amide bonds. The highest BCUT2D eigenvalue weighted by atomic mass is 79.9. The Bertz CT molecular complexity index is 994. The average Bonchev–Trinajstić information content (AvgIpc) is 3.16. The van der Waals surface area contributed by atoms with Crippen molar-refractivity contribution in [3.63, 3.8) is 0 Å². The summed E-state index contributed by atoms with van der Waals surface area (Å²) in [5, 5.41) is 0. The van der Waals surface area contributed by atoms with Crippen LogP contribution in [0.3, 0.4) is 0 Å². The number of aromatic nitrogens is 2. The monoisotopic (exact) mass is 473 g/mol. The number of fused-ring (bicyclic) bond motifs is 1. The Morgan fingerprint density at radius 2 is 1.92 bits per heavy atom. The molecular formula is C20H17Br2N3O. The minimum absolute atomic E-state index is 0.0606. The number of para-hydroxylation sites is 2. The SMILES string of the molecule is C=C(Br)Cn1c(C2CC(=O)N(c3ccc(Br)cc3)C2)nc2ccccc21. The van der Waals surface area contributed by atoms with E-state index in [9.17, 15) is 4.79 Å². The first kappa shape index (κ1) is 17.5. The van der Waals surface area contributed by atoms with E-state index in [2.05, 4.69) is 49.1 Å². The van der Waals surface area contributed by atoms with E-state index in [1.165, 1.54) is 0 Å². The number of halogens is 2. The number of allylic oxidation sites excluding steroid dienone is 1. The molecule has 1 unspecified atom stereocenters. The van der Waals surface area contributed by atoms with Gasteiger partial charge in [-0.3, -0.25) is 4.79 Å². The minimum atomic E-state index is 0.0606. The molecule has 1 aliphatic heterocycles. The average molecular weight is 475 g/mol. The molecule has 0 saturated carbocycles. The summed E-state index contributed by atoms with van der Waals surface area (Å²) in [6.45, 7) is 5.25. The van der Waals surface area contributed by atoms with Crippen LogP contribution >= 0.6 is 31.9 Å². The van der Waals surface area contributed by atoms with Crippen molar-refractivity contribution in [3.05, 3.63) is 69.9 Å². The quantitative estimate of drug-likeness (QED) is 0.519. The van der Waals surface area contributed by atoms with Crippen LogP contribution in [-0.2, 0) is 11.3 Å². The van der Waals surface area contributed by atoms with Crippen molar-refractivity contribution in [1.82, 2.24) is 9.55 Å². The fraction of sp³-hybridized carbons (Fsp3) is 0.200. The van der Waals surface area contributed by atoms with Gasteiger partial charge in [-0.15, -0.1) is 0 Å². The molecule has 1 fully saturated rings. The summed E-state index contributed by atoms with van der Waals surface area (Å²) in [7, 11) is 0. The Kier molecular flexibility index (Phi) is 4.71. The third-order valence-corrected chi connectivity index (χ3v) is 5.42. The lowest BCUT2D eigenvalue weighted by atomic mass is 10.1. The van der Waals surface area contributed by atoms with E-state index in [1.54, 1.807) is 0 Å². The van der Waals surface area contributed by atoms with Gasteiger partial charge in [0.05, 0.1) is 17.6 Å². The maximum absolute atomic E-state index is 12.6. The van der Waals surface area contributed by atoms with Crippen molar-refractivity contribution < 1.29 is 4.79 Å². The normalized spacial score (nSPS) is 17.2. The number of benzene rings is 2. The van der Waals surface area contributed by atoms with Crippen LogP contribution < -0.4 is 4.90 Å². The number of rotatable bonds is 4. The molecule has 1 aromatic heterocycles. The summed E-state index contributed by atoms with van der Waals surface area (Å²) in [5.74, 6) is 1.14. The van der Waals surface area contributed by atoms with Crippen LogP contribution in [0.1, 0.15) is 18.2 Å². The summed E-state index contributed by atoms with van der Waals surface area (Å²) in [6, 6.07) is 15.9. The Labute approximate surface area is 168 Å². The van der Waals surface area contributed by atoms with Crippen LogP contribution in [-0.4, -0.2) is 22.0 Å². The van der Waals surface area contributed by atoms with Gasteiger partial charge in [-0.2, -0.15) is 0 Å². The molecule has 0 N–H and O–H groups in total. The Morgan fingerprint density at radius 1 is 1.19 bits per heavy atom. The van der Waals surface area contributed by atoms with Gasteiger partial charge in [0.15, 0.2) is 0 Å². The van der Waals surface area contributed by atoms with Gasteiger partial charge in [0.1, 0.15) is 5.82 Å². The third-order valence-electron chi connectivity index (χ3n) is 4.64. The van der Waals surface area contributed by atoms with Gasteiger partial charge in [-0.05, 0) is 36.4 Å². The smallest absolute Gasteiger partial charge is 0.227 e. The fourth-order valence-electron chi connectivity index (χ4n) is 3.49. The van der Waals surface area contributed by atoms with Crippen molar-refractivity contribution in [2.75, 3.05) is 11.4 Å². The molecule has 2 aromatic carbocycles. The Balaban J connectivity index is 1.71. The highest BCUT2D eigenvalue weighted by molar-refractivity contribution is 9.11. The number of carbonyl (C=O) groups is 1. The van der Waals surface area contributed by atoms with Crippen molar-refractivity contribution in [2.24, 2.45) is 0 Å². The molecule has 0 spiro atoms.